The number of nitrogens with one attached hydrogen (secondary N) is 1. The molecule has 0 bridgehead atoms. The van der Waals surface area contributed by atoms with Crippen molar-refractivity contribution in [2.75, 3.05) is 32.2 Å². The van der Waals surface area contributed by atoms with Gasteiger partial charge in [0.1, 0.15) is 12.3 Å². The highest BCUT2D eigenvalue weighted by Gasteiger charge is 2.31. The zero-order valence-corrected chi connectivity index (χ0v) is 22.8. The van der Waals surface area contributed by atoms with Crippen LogP contribution in [-0.2, 0) is 21.2 Å². The van der Waals surface area contributed by atoms with Crippen molar-refractivity contribution >= 4 is 33.2 Å². The molecule has 1 amide bonds. The first kappa shape index (κ1) is 28.1. The summed E-state index contributed by atoms with van der Waals surface area (Å²) in [5, 5.41) is 3.19. The summed E-state index contributed by atoms with van der Waals surface area (Å²) in [7, 11) is 0.0373. The van der Waals surface area contributed by atoms with Crippen molar-refractivity contribution in [3.05, 3.63) is 77.3 Å². The second-order valence-electron chi connectivity index (χ2n) is 8.34. The van der Waals surface area contributed by atoms with Crippen LogP contribution in [0.2, 0.25) is 5.02 Å². The van der Waals surface area contributed by atoms with Crippen LogP contribution in [0.1, 0.15) is 18.9 Å². The maximum atomic E-state index is 13.9. The van der Waals surface area contributed by atoms with Crippen LogP contribution in [0, 0.1) is 0 Å². The Morgan fingerprint density at radius 2 is 1.57 bits per heavy atom. The predicted molar refractivity (Wildman–Crippen MR) is 144 cm³/mol. The van der Waals surface area contributed by atoms with Crippen LogP contribution in [0.4, 0.5) is 5.69 Å². The first-order valence-electron chi connectivity index (χ1n) is 11.6. The number of methoxy groups -OCH3 is 3. The van der Waals surface area contributed by atoms with Gasteiger partial charge in [0.05, 0.1) is 31.9 Å². The summed E-state index contributed by atoms with van der Waals surface area (Å²) in [4.78, 5) is 13.0. The Morgan fingerprint density at radius 3 is 2.22 bits per heavy atom. The molecule has 0 saturated carbocycles. The van der Waals surface area contributed by atoms with Gasteiger partial charge >= 0.3 is 0 Å². The van der Waals surface area contributed by atoms with E-state index < -0.39 is 22.5 Å². The fourth-order valence-electron chi connectivity index (χ4n) is 3.81. The second kappa shape index (κ2) is 12.7. The molecule has 37 heavy (non-hydrogen) atoms. The highest BCUT2D eigenvalue weighted by atomic mass is 35.5. The van der Waals surface area contributed by atoms with Gasteiger partial charge in [-0.15, -0.1) is 0 Å². The Hall–Kier alpha value is -3.43. The number of nitrogens with zero attached hydrogens (tertiary/aromatic N) is 1. The largest absolute Gasteiger partial charge is 0.495 e. The lowest BCUT2D eigenvalue weighted by molar-refractivity contribution is -0.120. The summed E-state index contributed by atoms with van der Waals surface area (Å²) in [6, 6.07) is 18.6. The van der Waals surface area contributed by atoms with Crippen molar-refractivity contribution < 1.29 is 27.4 Å². The van der Waals surface area contributed by atoms with Gasteiger partial charge in [-0.1, -0.05) is 41.9 Å². The molecule has 3 aromatic rings. The summed E-state index contributed by atoms with van der Waals surface area (Å²) in [5.41, 5.74) is 1.29. The van der Waals surface area contributed by atoms with E-state index in [0.29, 0.717) is 17.2 Å². The molecule has 3 rings (SSSR count). The van der Waals surface area contributed by atoms with Crippen molar-refractivity contribution in [1.82, 2.24) is 5.32 Å². The smallest absolute Gasteiger partial charge is 0.265 e. The molecule has 0 spiro atoms. The van der Waals surface area contributed by atoms with Crippen LogP contribution in [0.25, 0.3) is 0 Å². The monoisotopic (exact) mass is 546 g/mol. The van der Waals surface area contributed by atoms with E-state index in [4.69, 9.17) is 25.8 Å². The molecule has 0 unspecified atom stereocenters. The van der Waals surface area contributed by atoms with Gasteiger partial charge < -0.3 is 19.5 Å². The number of ether oxygens (including phenoxy) is 3. The minimum absolute atomic E-state index is 0.0860. The average Bonchev–Trinajstić information content (AvgIpc) is 2.90. The van der Waals surface area contributed by atoms with Crippen LogP contribution < -0.4 is 23.8 Å². The van der Waals surface area contributed by atoms with E-state index in [1.54, 1.807) is 12.1 Å². The fourth-order valence-corrected chi connectivity index (χ4v) is 5.42. The Kier molecular flexibility index (Phi) is 9.66. The Labute approximate surface area is 223 Å². The third kappa shape index (κ3) is 7.08. The third-order valence-corrected chi connectivity index (χ3v) is 7.75. The Bertz CT molecular complexity index is 1320. The molecule has 0 aliphatic rings. The van der Waals surface area contributed by atoms with Crippen LogP contribution in [0.15, 0.2) is 71.6 Å². The van der Waals surface area contributed by atoms with E-state index >= 15 is 0 Å². The van der Waals surface area contributed by atoms with E-state index in [0.717, 1.165) is 16.3 Å². The van der Waals surface area contributed by atoms with Crippen LogP contribution in [0.5, 0.6) is 17.2 Å². The molecule has 0 heterocycles. The zero-order chi connectivity index (χ0) is 27.0. The van der Waals surface area contributed by atoms with Crippen LogP contribution in [-0.4, -0.2) is 48.2 Å². The van der Waals surface area contributed by atoms with Gasteiger partial charge in [0, 0.05) is 17.1 Å². The molecule has 198 valence electrons. The molecular formula is C27H31ClN2O6S. The number of anilines is 1. The SMILES string of the molecule is COc1ccc(S(=O)(=O)N(CC(=O)N[C@H](C)CCc2ccccc2)c2cc(Cl)ccc2OC)cc1OC. The molecule has 0 radical (unpaired) electrons. The average molecular weight is 547 g/mol. The van der Waals surface area contributed by atoms with Gasteiger partial charge in [-0.2, -0.15) is 0 Å². The zero-order valence-electron chi connectivity index (χ0n) is 21.2. The number of aryl methyl sites for hydroxylation is 1. The minimum atomic E-state index is -4.25. The van der Waals surface area contributed by atoms with E-state index in [9.17, 15) is 13.2 Å². The number of sulfonamides is 1. The molecule has 1 atom stereocenters. The fraction of sp³-hybridized carbons (Fsp3) is 0.296. The molecule has 0 saturated heterocycles. The number of benzene rings is 3. The lowest BCUT2D eigenvalue weighted by atomic mass is 10.1. The van der Waals surface area contributed by atoms with E-state index in [-0.39, 0.29) is 28.1 Å². The number of carbonyl (C=O) groups is 1. The van der Waals surface area contributed by atoms with Crippen LogP contribution in [0.3, 0.4) is 0 Å². The van der Waals surface area contributed by atoms with Crippen molar-refractivity contribution in [3.8, 4) is 17.2 Å². The molecule has 10 heteroatoms. The first-order chi connectivity index (χ1) is 17.7. The van der Waals surface area contributed by atoms with Crippen molar-refractivity contribution in [2.45, 2.75) is 30.7 Å². The lowest BCUT2D eigenvalue weighted by Crippen LogP contribution is -2.43. The molecule has 0 fully saturated rings. The summed E-state index contributed by atoms with van der Waals surface area (Å²) < 4.78 is 44.6. The molecule has 0 aromatic heterocycles. The second-order valence-corrected chi connectivity index (χ2v) is 10.6. The maximum Gasteiger partial charge on any atom is 0.265 e. The summed E-state index contributed by atoms with van der Waals surface area (Å²) in [6.07, 6.45) is 1.47. The van der Waals surface area contributed by atoms with E-state index in [1.807, 2.05) is 37.3 Å². The van der Waals surface area contributed by atoms with Gasteiger partial charge in [0.15, 0.2) is 11.5 Å². The van der Waals surface area contributed by atoms with Gasteiger partial charge in [0.2, 0.25) is 5.91 Å². The van der Waals surface area contributed by atoms with E-state index in [2.05, 4.69) is 5.32 Å². The third-order valence-electron chi connectivity index (χ3n) is 5.76. The number of amides is 1. The molecule has 0 aliphatic heterocycles. The Morgan fingerprint density at radius 1 is 0.919 bits per heavy atom. The van der Waals surface area contributed by atoms with Gasteiger partial charge in [-0.3, -0.25) is 9.10 Å². The van der Waals surface area contributed by atoms with Crippen molar-refractivity contribution in [3.63, 3.8) is 0 Å². The number of halogens is 1. The van der Waals surface area contributed by atoms with Gasteiger partial charge in [-0.05, 0) is 55.7 Å². The van der Waals surface area contributed by atoms with E-state index in [1.165, 1.54) is 45.6 Å². The first-order valence-corrected chi connectivity index (χ1v) is 13.4. The summed E-state index contributed by atoms with van der Waals surface area (Å²) in [5.74, 6) is 0.393. The maximum absolute atomic E-state index is 13.9. The highest BCUT2D eigenvalue weighted by Crippen LogP contribution is 2.37. The predicted octanol–water partition coefficient (Wildman–Crippen LogP) is 4.70. The molecule has 1 N–H and O–H groups in total. The van der Waals surface area contributed by atoms with Crippen LogP contribution >= 0.6 is 11.6 Å². The quantitative estimate of drug-likeness (QED) is 0.354. The number of rotatable bonds is 12. The lowest BCUT2D eigenvalue weighted by Gasteiger charge is -2.27. The standard InChI is InChI=1S/C27H31ClN2O6S/c1-19(10-11-20-8-6-5-7-9-20)29-27(31)18-30(23-16-21(28)12-14-24(23)34-2)37(32,33)22-13-15-25(35-3)26(17-22)36-4/h5-9,12-17,19H,10-11,18H2,1-4H3,(H,29,31)/t19-/m1/s1. The highest BCUT2D eigenvalue weighted by molar-refractivity contribution is 7.92. The van der Waals surface area contributed by atoms with Gasteiger partial charge in [-0.25, -0.2) is 8.42 Å². The number of hydrogen-bond donors (Lipinski definition) is 1. The van der Waals surface area contributed by atoms with Crippen molar-refractivity contribution in [2.24, 2.45) is 0 Å². The normalized spacial score (nSPS) is 11.9. The summed E-state index contributed by atoms with van der Waals surface area (Å²) >= 11 is 6.21. The minimum Gasteiger partial charge on any atom is -0.495 e. The van der Waals surface area contributed by atoms with Crippen molar-refractivity contribution in [1.29, 1.82) is 0 Å². The number of carbonyl (C=O) groups excluding carboxylic acids is 1. The molecule has 0 aliphatic carbocycles. The number of hydrogen-bond acceptors (Lipinski definition) is 6. The molecular weight excluding hydrogens is 516 g/mol. The molecule has 3 aromatic carbocycles. The van der Waals surface area contributed by atoms with Gasteiger partial charge in [0.25, 0.3) is 10.0 Å². The topological polar surface area (TPSA) is 94.2 Å². The molecule has 8 nitrogen and oxygen atoms in total. The Balaban J connectivity index is 1.91. The summed E-state index contributed by atoms with van der Waals surface area (Å²) in [6.45, 7) is 1.40.